The fourth-order valence-corrected chi connectivity index (χ4v) is 7.39. The van der Waals surface area contributed by atoms with Crippen molar-refractivity contribution in [3.05, 3.63) is 151 Å². The molecule has 0 spiro atoms. The zero-order valence-electron chi connectivity index (χ0n) is 28.8. The molecule has 1 aliphatic heterocycles. The largest absolute Gasteiger partial charge is 0.497 e. The van der Waals surface area contributed by atoms with Crippen LogP contribution in [-0.4, -0.2) is 42.5 Å². The molecule has 0 saturated heterocycles. The van der Waals surface area contributed by atoms with E-state index in [0.717, 1.165) is 27.8 Å². The van der Waals surface area contributed by atoms with Crippen molar-refractivity contribution in [2.45, 2.75) is 26.4 Å². The van der Waals surface area contributed by atoms with Crippen LogP contribution in [0.15, 0.2) is 119 Å². The van der Waals surface area contributed by atoms with Crippen LogP contribution in [0.25, 0.3) is 22.7 Å². The summed E-state index contributed by atoms with van der Waals surface area (Å²) >= 11 is 1.27. The Bertz CT molecular complexity index is 2440. The van der Waals surface area contributed by atoms with Gasteiger partial charge in [-0.2, -0.15) is 0 Å². The summed E-state index contributed by atoms with van der Waals surface area (Å²) in [4.78, 5) is 34.0. The van der Waals surface area contributed by atoms with Gasteiger partial charge in [-0.15, -0.1) is 0 Å². The van der Waals surface area contributed by atoms with E-state index < -0.39 is 12.0 Å². The summed E-state index contributed by atoms with van der Waals surface area (Å²) in [7, 11) is 3.13. The second-order valence-corrected chi connectivity index (χ2v) is 13.0. The molecule has 2 aromatic heterocycles. The van der Waals surface area contributed by atoms with Gasteiger partial charge in [0.2, 0.25) is 0 Å². The van der Waals surface area contributed by atoms with Crippen LogP contribution in [0.3, 0.4) is 0 Å². The van der Waals surface area contributed by atoms with Crippen LogP contribution in [0.5, 0.6) is 17.2 Å². The normalized spacial score (nSPS) is 14.3. The molecule has 10 heteroatoms. The maximum absolute atomic E-state index is 14.6. The van der Waals surface area contributed by atoms with Gasteiger partial charge in [-0.25, -0.2) is 9.79 Å². The van der Waals surface area contributed by atoms with Crippen molar-refractivity contribution in [1.29, 1.82) is 0 Å². The topological polar surface area (TPSA) is 93.3 Å². The molecule has 0 saturated carbocycles. The lowest BCUT2D eigenvalue weighted by atomic mass is 9.92. The zero-order valence-corrected chi connectivity index (χ0v) is 29.6. The minimum atomic E-state index is -0.914. The number of rotatable bonds is 11. The highest BCUT2D eigenvalue weighted by Gasteiger charge is 2.37. The predicted octanol–water partition coefficient (Wildman–Crippen LogP) is 6.29. The van der Waals surface area contributed by atoms with Gasteiger partial charge in [-0.3, -0.25) is 9.36 Å². The van der Waals surface area contributed by atoms with Gasteiger partial charge in [0.25, 0.3) is 5.56 Å². The van der Waals surface area contributed by atoms with E-state index in [2.05, 4.69) is 10.6 Å². The number of nitrogens with zero attached hydrogens (tertiary/aromatic N) is 3. The van der Waals surface area contributed by atoms with Crippen molar-refractivity contribution in [1.82, 2.24) is 9.13 Å². The van der Waals surface area contributed by atoms with Crippen molar-refractivity contribution < 1.29 is 23.7 Å². The number of hydrogen-bond donors (Lipinski definition) is 0. The first-order valence-corrected chi connectivity index (χ1v) is 17.5. The lowest BCUT2D eigenvalue weighted by Gasteiger charge is -2.27. The molecule has 51 heavy (non-hydrogen) atoms. The smallest absolute Gasteiger partial charge is 0.338 e. The highest BCUT2D eigenvalue weighted by Crippen LogP contribution is 2.40. The van der Waals surface area contributed by atoms with Gasteiger partial charge in [-0.05, 0) is 56.3 Å². The number of carbonyl (C=O) groups is 1. The van der Waals surface area contributed by atoms with E-state index in [1.807, 2.05) is 92.0 Å². The maximum Gasteiger partial charge on any atom is 0.338 e. The number of benzene rings is 4. The van der Waals surface area contributed by atoms with Crippen LogP contribution in [-0.2, 0) is 16.1 Å². The Hall–Kier alpha value is -5.87. The first-order valence-electron chi connectivity index (χ1n) is 16.7. The van der Waals surface area contributed by atoms with E-state index in [9.17, 15) is 9.59 Å². The Balaban J connectivity index is 1.40. The third-order valence-corrected chi connectivity index (χ3v) is 9.82. The van der Waals surface area contributed by atoms with Gasteiger partial charge < -0.3 is 23.5 Å². The number of fused-ring (bicyclic) bond motifs is 2. The maximum atomic E-state index is 14.6. The molecule has 1 atom stereocenters. The zero-order chi connectivity index (χ0) is 35.5. The van der Waals surface area contributed by atoms with Gasteiger partial charge in [0.1, 0.15) is 29.9 Å². The second kappa shape index (κ2) is 14.5. The molecule has 258 valence electrons. The van der Waals surface area contributed by atoms with Crippen molar-refractivity contribution in [3.63, 3.8) is 0 Å². The Morgan fingerprint density at radius 2 is 1.67 bits per heavy atom. The number of carbonyl (C=O) groups excluding carboxylic acids is 1. The van der Waals surface area contributed by atoms with E-state index in [-0.39, 0.29) is 17.7 Å². The Labute approximate surface area is 298 Å². The fraction of sp³-hybridized carbons (Fsp3) is 0.195. The van der Waals surface area contributed by atoms with Gasteiger partial charge in [0.15, 0.2) is 4.80 Å². The number of methoxy groups -OCH3 is 2. The number of hydrogen-bond acceptors (Lipinski definition) is 8. The molecule has 0 aliphatic carbocycles. The molecule has 0 amide bonds. The highest BCUT2D eigenvalue weighted by atomic mass is 32.1. The van der Waals surface area contributed by atoms with E-state index in [1.54, 1.807) is 43.9 Å². The number of aryl methyl sites for hydroxylation is 1. The average Bonchev–Trinajstić information content (AvgIpc) is 3.67. The first kappa shape index (κ1) is 33.6. The molecule has 6 aromatic rings. The van der Waals surface area contributed by atoms with Crippen LogP contribution < -0.4 is 29.1 Å². The monoisotopic (exact) mass is 699 g/mol. The SMILES string of the molecule is CCOC(=O)C1=C(c2ccccc2)N=c2s/c(=C/c3cn(CCOc4ccc(C)cc4)c4ccccc34)c(=O)n2[C@H]1c1cc(OC)ccc1OC. The summed E-state index contributed by atoms with van der Waals surface area (Å²) in [5.41, 5.74) is 4.76. The van der Waals surface area contributed by atoms with E-state index in [1.165, 1.54) is 16.9 Å². The Kier molecular flexibility index (Phi) is 9.59. The van der Waals surface area contributed by atoms with Gasteiger partial charge in [0, 0.05) is 33.8 Å². The highest BCUT2D eigenvalue weighted by molar-refractivity contribution is 7.07. The number of para-hydroxylation sites is 1. The molecule has 0 N–H and O–H groups in total. The van der Waals surface area contributed by atoms with Crippen molar-refractivity contribution in [2.24, 2.45) is 4.99 Å². The summed E-state index contributed by atoms with van der Waals surface area (Å²) in [5.74, 6) is 1.29. The molecule has 1 aliphatic rings. The van der Waals surface area contributed by atoms with Gasteiger partial charge in [0.05, 0.1) is 43.2 Å². The van der Waals surface area contributed by atoms with Crippen molar-refractivity contribution in [3.8, 4) is 17.2 Å². The number of esters is 1. The minimum Gasteiger partial charge on any atom is -0.497 e. The lowest BCUT2D eigenvalue weighted by molar-refractivity contribution is -0.138. The third-order valence-electron chi connectivity index (χ3n) is 8.83. The van der Waals surface area contributed by atoms with E-state index in [4.69, 9.17) is 23.9 Å². The Morgan fingerprint density at radius 1 is 0.922 bits per heavy atom. The number of aromatic nitrogens is 2. The van der Waals surface area contributed by atoms with E-state index in [0.29, 0.717) is 45.2 Å². The molecular weight excluding hydrogens is 663 g/mol. The summed E-state index contributed by atoms with van der Waals surface area (Å²) in [6.07, 6.45) is 3.95. The molecule has 3 heterocycles. The molecule has 0 bridgehead atoms. The predicted molar refractivity (Wildman–Crippen MR) is 199 cm³/mol. The third kappa shape index (κ3) is 6.58. The summed E-state index contributed by atoms with van der Waals surface area (Å²) in [5, 5.41) is 1.00. The molecule has 4 aromatic carbocycles. The van der Waals surface area contributed by atoms with Gasteiger partial charge >= 0.3 is 5.97 Å². The van der Waals surface area contributed by atoms with Crippen LogP contribution in [0.1, 0.15) is 35.2 Å². The molecule has 0 unspecified atom stereocenters. The summed E-state index contributed by atoms with van der Waals surface area (Å²) in [6.45, 7) is 5.04. The molecule has 7 rings (SSSR count). The summed E-state index contributed by atoms with van der Waals surface area (Å²) < 4.78 is 27.2. The fourth-order valence-electron chi connectivity index (χ4n) is 6.40. The van der Waals surface area contributed by atoms with Crippen molar-refractivity contribution in [2.75, 3.05) is 27.4 Å². The molecule has 9 nitrogen and oxygen atoms in total. The second-order valence-electron chi connectivity index (χ2n) is 12.0. The number of thiazole rings is 1. The molecule has 0 radical (unpaired) electrons. The van der Waals surface area contributed by atoms with Gasteiger partial charge in [-0.1, -0.05) is 77.6 Å². The average molecular weight is 700 g/mol. The van der Waals surface area contributed by atoms with E-state index >= 15 is 0 Å². The standard InChI is InChI=1S/C41H37N3O6S/c1-5-49-40(46)36-37(27-11-7-6-8-12-27)42-41-44(38(36)32-24-30(47-3)19-20-34(32)48-4)39(45)35(51-41)23-28-25-43(33-14-10-9-13-31(28)33)21-22-50-29-17-15-26(2)16-18-29/h6-20,23-25,38H,5,21-22H2,1-4H3/b35-23+/t38-/m0/s1. The van der Waals surface area contributed by atoms with Crippen molar-refractivity contribution >= 4 is 40.0 Å². The minimum absolute atomic E-state index is 0.150. The quantitative estimate of drug-likeness (QED) is 0.148. The Morgan fingerprint density at radius 3 is 2.41 bits per heavy atom. The van der Waals surface area contributed by atoms with Crippen LogP contribution in [0, 0.1) is 6.92 Å². The molecular formula is C41H37N3O6S. The number of ether oxygens (including phenoxy) is 4. The lowest BCUT2D eigenvalue weighted by Crippen LogP contribution is -2.40. The van der Waals surface area contributed by atoms with Crippen LogP contribution in [0.4, 0.5) is 0 Å². The first-order chi connectivity index (χ1) is 24.9. The van der Waals surface area contributed by atoms with Crippen LogP contribution in [0.2, 0.25) is 0 Å². The summed E-state index contributed by atoms with van der Waals surface area (Å²) in [6, 6.07) is 30.0. The molecule has 0 fully saturated rings. The van der Waals surface area contributed by atoms with Crippen LogP contribution >= 0.6 is 11.3 Å².